The summed E-state index contributed by atoms with van der Waals surface area (Å²) in [5.41, 5.74) is 3.37. The van der Waals surface area contributed by atoms with Gasteiger partial charge in [0.25, 0.3) is 5.56 Å². The van der Waals surface area contributed by atoms with Crippen LogP contribution in [0.4, 0.5) is 0 Å². The second-order valence-electron chi connectivity index (χ2n) is 8.07. The van der Waals surface area contributed by atoms with Crippen LogP contribution in [0.1, 0.15) is 5.69 Å². The molecule has 8 heteroatoms. The van der Waals surface area contributed by atoms with Gasteiger partial charge in [0.15, 0.2) is 5.76 Å². The molecule has 0 atom stereocenters. The third-order valence-corrected chi connectivity index (χ3v) is 6.09. The van der Waals surface area contributed by atoms with Gasteiger partial charge in [0.2, 0.25) is 0 Å². The van der Waals surface area contributed by atoms with Gasteiger partial charge in [-0.05, 0) is 23.8 Å². The van der Waals surface area contributed by atoms with Crippen molar-refractivity contribution in [1.29, 1.82) is 0 Å². The average Bonchev–Trinajstić information content (AvgIpc) is 3.31. The molecule has 0 amide bonds. The van der Waals surface area contributed by atoms with E-state index in [4.69, 9.17) is 20.9 Å². The summed E-state index contributed by atoms with van der Waals surface area (Å²) in [4.78, 5) is 18.5. The lowest BCUT2D eigenvalue weighted by atomic mass is 9.95. The predicted octanol–water partition coefficient (Wildman–Crippen LogP) is 3.93. The summed E-state index contributed by atoms with van der Waals surface area (Å²) in [6.07, 6.45) is 0. The predicted molar refractivity (Wildman–Crippen MR) is 129 cm³/mol. The Morgan fingerprint density at radius 2 is 1.88 bits per heavy atom. The first-order valence-corrected chi connectivity index (χ1v) is 11.4. The Balaban J connectivity index is 1.43. The van der Waals surface area contributed by atoms with Crippen LogP contribution in [0.5, 0.6) is 0 Å². The highest BCUT2D eigenvalue weighted by Crippen LogP contribution is 2.36. The number of halogens is 1. The number of aromatic amines is 1. The van der Waals surface area contributed by atoms with Crippen molar-refractivity contribution in [2.24, 2.45) is 0 Å². The number of hydrogen-bond donors (Lipinski definition) is 2. The molecule has 2 aromatic carbocycles. The topological polar surface area (TPSA) is 83.4 Å². The van der Waals surface area contributed by atoms with Gasteiger partial charge in [-0.15, -0.1) is 0 Å². The molecule has 0 saturated carbocycles. The molecule has 0 bridgehead atoms. The number of aromatic nitrogens is 2. The van der Waals surface area contributed by atoms with E-state index in [9.17, 15) is 4.79 Å². The van der Waals surface area contributed by atoms with Crippen LogP contribution >= 0.6 is 11.6 Å². The normalized spacial score (nSPS) is 14.7. The van der Waals surface area contributed by atoms with E-state index in [1.165, 1.54) is 0 Å². The second kappa shape index (κ2) is 9.89. The summed E-state index contributed by atoms with van der Waals surface area (Å²) in [6.45, 7) is 5.87. The minimum Gasteiger partial charge on any atom is -0.379 e. The number of fused-ring (bicyclic) bond motifs is 1. The fourth-order valence-electron chi connectivity index (χ4n) is 4.20. The van der Waals surface area contributed by atoms with E-state index in [-0.39, 0.29) is 5.56 Å². The largest absolute Gasteiger partial charge is 0.379 e. The summed E-state index contributed by atoms with van der Waals surface area (Å²) < 4.78 is 11.0. The van der Waals surface area contributed by atoms with Crippen LogP contribution in [0.15, 0.2) is 63.9 Å². The number of nitrogens with zero attached hydrogens (tertiary/aromatic N) is 2. The van der Waals surface area contributed by atoms with Crippen molar-refractivity contribution >= 4 is 22.5 Å². The maximum Gasteiger partial charge on any atom is 0.260 e. The van der Waals surface area contributed by atoms with E-state index in [1.807, 2.05) is 48.5 Å². The fraction of sp³-hybridized carbons (Fsp3) is 0.280. The van der Waals surface area contributed by atoms with Crippen LogP contribution in [0.25, 0.3) is 33.4 Å². The highest BCUT2D eigenvalue weighted by molar-refractivity contribution is 6.31. The van der Waals surface area contributed by atoms with Crippen molar-refractivity contribution < 1.29 is 9.26 Å². The standard InChI is InChI=1S/C25H25ClN4O3/c26-18-6-7-21-20(14-18)23(17-4-2-1-3-5-17)24(25(31)28-21)22-15-19(29-33-22)16-27-8-9-30-10-12-32-13-11-30/h1-7,14-15,27H,8-13,16H2,(H,28,31). The first kappa shape index (κ1) is 21.9. The van der Waals surface area contributed by atoms with Gasteiger partial charge < -0.3 is 19.6 Å². The van der Waals surface area contributed by atoms with Crippen molar-refractivity contribution in [3.8, 4) is 22.5 Å². The van der Waals surface area contributed by atoms with Crippen LogP contribution < -0.4 is 10.9 Å². The minimum atomic E-state index is -0.230. The lowest BCUT2D eigenvalue weighted by Crippen LogP contribution is -2.40. The van der Waals surface area contributed by atoms with Crippen molar-refractivity contribution in [2.45, 2.75) is 6.54 Å². The zero-order valence-electron chi connectivity index (χ0n) is 18.1. The molecule has 2 aromatic heterocycles. The average molecular weight is 465 g/mol. The third kappa shape index (κ3) is 4.86. The number of H-pyrrole nitrogens is 1. The first-order chi connectivity index (χ1) is 16.2. The summed E-state index contributed by atoms with van der Waals surface area (Å²) in [7, 11) is 0. The van der Waals surface area contributed by atoms with Crippen molar-refractivity contribution in [3.05, 3.63) is 75.7 Å². The summed E-state index contributed by atoms with van der Waals surface area (Å²) in [5.74, 6) is 0.432. The Morgan fingerprint density at radius 1 is 1.06 bits per heavy atom. The quantitative estimate of drug-likeness (QED) is 0.403. The highest BCUT2D eigenvalue weighted by Gasteiger charge is 2.20. The number of morpholine rings is 1. The lowest BCUT2D eigenvalue weighted by Gasteiger charge is -2.26. The van der Waals surface area contributed by atoms with E-state index in [0.717, 1.165) is 67.1 Å². The molecule has 33 heavy (non-hydrogen) atoms. The molecule has 170 valence electrons. The van der Waals surface area contributed by atoms with Crippen LogP contribution in [0, 0.1) is 0 Å². The number of pyridine rings is 1. The number of hydrogen-bond acceptors (Lipinski definition) is 6. The van der Waals surface area contributed by atoms with Gasteiger partial charge in [-0.1, -0.05) is 47.1 Å². The molecule has 4 aromatic rings. The van der Waals surface area contributed by atoms with Crippen LogP contribution in [0.3, 0.4) is 0 Å². The third-order valence-electron chi connectivity index (χ3n) is 5.86. The molecule has 0 unspecified atom stereocenters. The van der Waals surface area contributed by atoms with Crippen LogP contribution in [-0.2, 0) is 11.3 Å². The summed E-state index contributed by atoms with van der Waals surface area (Å²) in [6, 6.07) is 17.1. The Kier molecular flexibility index (Phi) is 6.55. The Morgan fingerprint density at radius 3 is 2.70 bits per heavy atom. The summed E-state index contributed by atoms with van der Waals surface area (Å²) >= 11 is 6.30. The Hall–Kier alpha value is -2.97. The highest BCUT2D eigenvalue weighted by atomic mass is 35.5. The molecule has 1 saturated heterocycles. The van der Waals surface area contributed by atoms with E-state index in [0.29, 0.717) is 22.9 Å². The molecule has 1 aliphatic heterocycles. The zero-order valence-corrected chi connectivity index (χ0v) is 18.9. The number of benzene rings is 2. The van der Waals surface area contributed by atoms with Crippen molar-refractivity contribution in [1.82, 2.24) is 20.4 Å². The SMILES string of the molecule is O=c1[nH]c2ccc(Cl)cc2c(-c2ccccc2)c1-c1cc(CNCCN2CCOCC2)no1. The second-order valence-corrected chi connectivity index (χ2v) is 8.51. The molecule has 0 spiro atoms. The lowest BCUT2D eigenvalue weighted by molar-refractivity contribution is 0.0384. The number of nitrogens with one attached hydrogen (secondary N) is 2. The Labute approximate surface area is 196 Å². The van der Waals surface area contributed by atoms with Crippen molar-refractivity contribution in [2.75, 3.05) is 39.4 Å². The van der Waals surface area contributed by atoms with Gasteiger partial charge >= 0.3 is 0 Å². The molecule has 7 nitrogen and oxygen atoms in total. The first-order valence-electron chi connectivity index (χ1n) is 11.1. The van der Waals surface area contributed by atoms with Gasteiger partial charge in [0.05, 0.1) is 24.5 Å². The molecule has 5 rings (SSSR count). The van der Waals surface area contributed by atoms with Gasteiger partial charge in [0.1, 0.15) is 0 Å². The van der Waals surface area contributed by atoms with Crippen LogP contribution in [-0.4, -0.2) is 54.4 Å². The van der Waals surface area contributed by atoms with Gasteiger partial charge in [-0.2, -0.15) is 0 Å². The number of ether oxygens (including phenoxy) is 1. The molecule has 1 fully saturated rings. The van der Waals surface area contributed by atoms with Crippen LogP contribution in [0.2, 0.25) is 5.02 Å². The van der Waals surface area contributed by atoms with Gasteiger partial charge in [-0.25, -0.2) is 0 Å². The molecule has 0 radical (unpaired) electrons. The van der Waals surface area contributed by atoms with Crippen molar-refractivity contribution in [3.63, 3.8) is 0 Å². The molecule has 1 aliphatic rings. The molecule has 0 aliphatic carbocycles. The zero-order chi connectivity index (χ0) is 22.6. The van der Waals surface area contributed by atoms with E-state index < -0.39 is 0 Å². The fourth-order valence-corrected chi connectivity index (χ4v) is 4.37. The maximum atomic E-state index is 13.1. The molecular formula is C25H25ClN4O3. The monoisotopic (exact) mass is 464 g/mol. The Bertz CT molecular complexity index is 1300. The number of rotatable bonds is 7. The molecule has 2 N–H and O–H groups in total. The minimum absolute atomic E-state index is 0.230. The van der Waals surface area contributed by atoms with E-state index in [1.54, 1.807) is 6.07 Å². The smallest absolute Gasteiger partial charge is 0.260 e. The maximum absolute atomic E-state index is 13.1. The summed E-state index contributed by atoms with van der Waals surface area (Å²) in [5, 5.41) is 9.05. The van der Waals surface area contributed by atoms with E-state index in [2.05, 4.69) is 20.4 Å². The van der Waals surface area contributed by atoms with E-state index >= 15 is 0 Å². The van der Waals surface area contributed by atoms with Gasteiger partial charge in [0, 0.05) is 60.3 Å². The molecular weight excluding hydrogens is 440 g/mol. The molecule has 3 heterocycles. The van der Waals surface area contributed by atoms with Gasteiger partial charge in [-0.3, -0.25) is 9.69 Å².